The molecule has 0 aliphatic rings. The first-order chi connectivity index (χ1) is 40.5. The third-order valence-corrected chi connectivity index (χ3v) is 14.7. The fourth-order valence-electron chi connectivity index (χ4n) is 9.55. The Morgan fingerprint density at radius 2 is 0.476 bits per heavy atom. The monoisotopic (exact) mass is 1140 g/mol. The van der Waals surface area contributed by atoms with Crippen molar-refractivity contribution in [2.24, 2.45) is 0 Å². The SMILES string of the molecule is CC/C=C\C/C=C\C/C=C\C/C=C\C/C=C\C/C=C\C/C=C\C/C=C\CCCCC(=O)OCC(COC(=O)CCCCCCCCC/C=C\C/C=C\CCCCC)OC(=O)CCCCCCCCCCCCCCCCCCCCCC. The highest BCUT2D eigenvalue weighted by Gasteiger charge is 2.19. The van der Waals surface area contributed by atoms with Gasteiger partial charge in [0.05, 0.1) is 0 Å². The van der Waals surface area contributed by atoms with Gasteiger partial charge in [-0.3, -0.25) is 14.4 Å². The van der Waals surface area contributed by atoms with Crippen molar-refractivity contribution in [2.45, 2.75) is 329 Å². The molecule has 0 N–H and O–H groups in total. The van der Waals surface area contributed by atoms with Crippen LogP contribution in [0.4, 0.5) is 0 Å². The van der Waals surface area contributed by atoms with E-state index in [4.69, 9.17) is 14.2 Å². The minimum atomic E-state index is -0.803. The van der Waals surface area contributed by atoms with Gasteiger partial charge in [-0.25, -0.2) is 0 Å². The fourth-order valence-corrected chi connectivity index (χ4v) is 9.55. The molecule has 82 heavy (non-hydrogen) atoms. The molecule has 0 saturated heterocycles. The van der Waals surface area contributed by atoms with Crippen molar-refractivity contribution in [2.75, 3.05) is 13.2 Å². The van der Waals surface area contributed by atoms with Crippen molar-refractivity contribution in [1.29, 1.82) is 0 Å². The summed E-state index contributed by atoms with van der Waals surface area (Å²) in [6.07, 6.45) is 96.4. The largest absolute Gasteiger partial charge is 0.462 e. The normalized spacial score (nSPS) is 12.9. The average Bonchev–Trinajstić information content (AvgIpc) is 3.47. The van der Waals surface area contributed by atoms with Gasteiger partial charge in [-0.15, -0.1) is 0 Å². The van der Waals surface area contributed by atoms with Gasteiger partial charge in [-0.1, -0.05) is 309 Å². The van der Waals surface area contributed by atoms with Gasteiger partial charge in [-0.05, 0) is 116 Å². The zero-order valence-corrected chi connectivity index (χ0v) is 53.7. The summed E-state index contributed by atoms with van der Waals surface area (Å²) in [4.78, 5) is 38.4. The summed E-state index contributed by atoms with van der Waals surface area (Å²) in [5.41, 5.74) is 0. The second kappa shape index (κ2) is 69.3. The van der Waals surface area contributed by atoms with E-state index in [1.54, 1.807) is 0 Å². The molecule has 0 saturated carbocycles. The van der Waals surface area contributed by atoms with E-state index < -0.39 is 6.10 Å². The molecule has 6 nitrogen and oxygen atoms in total. The number of hydrogen-bond acceptors (Lipinski definition) is 6. The maximum Gasteiger partial charge on any atom is 0.306 e. The van der Waals surface area contributed by atoms with E-state index in [0.29, 0.717) is 19.3 Å². The summed E-state index contributed by atoms with van der Waals surface area (Å²) in [6.45, 7) is 6.49. The first kappa shape index (κ1) is 77.8. The quantitative estimate of drug-likeness (QED) is 0.0261. The number of rotatable bonds is 62. The van der Waals surface area contributed by atoms with Crippen molar-refractivity contribution in [3.63, 3.8) is 0 Å². The summed E-state index contributed by atoms with van der Waals surface area (Å²) in [5, 5.41) is 0. The van der Waals surface area contributed by atoms with E-state index in [0.717, 1.165) is 122 Å². The first-order valence-electron chi connectivity index (χ1n) is 34.5. The zero-order valence-electron chi connectivity index (χ0n) is 53.7. The Kier molecular flexibility index (Phi) is 65.8. The van der Waals surface area contributed by atoms with Gasteiger partial charge >= 0.3 is 17.9 Å². The number of carbonyl (C=O) groups is 3. The number of ether oxygens (including phenoxy) is 3. The van der Waals surface area contributed by atoms with Gasteiger partial charge in [0.1, 0.15) is 13.2 Å². The molecule has 468 valence electrons. The van der Waals surface area contributed by atoms with E-state index in [-0.39, 0.29) is 31.1 Å². The molecular formula is C76H128O6. The smallest absolute Gasteiger partial charge is 0.306 e. The van der Waals surface area contributed by atoms with Crippen LogP contribution in [0.5, 0.6) is 0 Å². The molecule has 0 fully saturated rings. The van der Waals surface area contributed by atoms with Crippen molar-refractivity contribution in [3.8, 4) is 0 Å². The molecule has 0 amide bonds. The van der Waals surface area contributed by atoms with Gasteiger partial charge in [0.15, 0.2) is 6.10 Å². The van der Waals surface area contributed by atoms with Crippen molar-refractivity contribution >= 4 is 17.9 Å². The first-order valence-corrected chi connectivity index (χ1v) is 34.5. The minimum Gasteiger partial charge on any atom is -0.462 e. The molecule has 0 spiro atoms. The Morgan fingerprint density at radius 1 is 0.256 bits per heavy atom. The summed E-state index contributed by atoms with van der Waals surface area (Å²) in [5.74, 6) is -0.936. The lowest BCUT2D eigenvalue weighted by Crippen LogP contribution is -2.30. The summed E-state index contributed by atoms with van der Waals surface area (Å²) >= 11 is 0. The van der Waals surface area contributed by atoms with Crippen LogP contribution < -0.4 is 0 Å². The Balaban J connectivity index is 4.46. The predicted molar refractivity (Wildman–Crippen MR) is 357 cm³/mol. The van der Waals surface area contributed by atoms with Crippen LogP contribution in [0, 0.1) is 0 Å². The molecule has 6 heteroatoms. The third kappa shape index (κ3) is 66.6. The van der Waals surface area contributed by atoms with Crippen molar-refractivity contribution in [1.82, 2.24) is 0 Å². The van der Waals surface area contributed by atoms with E-state index in [1.807, 2.05) is 0 Å². The molecule has 0 aromatic heterocycles. The molecule has 1 unspecified atom stereocenters. The van der Waals surface area contributed by atoms with Gasteiger partial charge in [-0.2, -0.15) is 0 Å². The van der Waals surface area contributed by atoms with Crippen LogP contribution >= 0.6 is 0 Å². The lowest BCUT2D eigenvalue weighted by atomic mass is 10.0. The number of carbonyl (C=O) groups excluding carboxylic acids is 3. The summed E-state index contributed by atoms with van der Waals surface area (Å²) in [7, 11) is 0. The average molecular weight is 1140 g/mol. The number of unbranched alkanes of at least 4 members (excludes halogenated alkanes) is 31. The van der Waals surface area contributed by atoms with Crippen LogP contribution in [0.15, 0.2) is 122 Å². The second-order valence-electron chi connectivity index (χ2n) is 22.7. The number of esters is 3. The molecule has 0 aliphatic heterocycles. The topological polar surface area (TPSA) is 78.9 Å². The highest BCUT2D eigenvalue weighted by atomic mass is 16.6. The highest BCUT2D eigenvalue weighted by molar-refractivity contribution is 5.71. The number of allylic oxidation sites excluding steroid dienone is 20. The number of hydrogen-bond donors (Lipinski definition) is 0. The Morgan fingerprint density at radius 3 is 0.793 bits per heavy atom. The van der Waals surface area contributed by atoms with Crippen molar-refractivity contribution < 1.29 is 28.6 Å². The molecule has 0 aromatic rings. The molecule has 1 atom stereocenters. The van der Waals surface area contributed by atoms with Gasteiger partial charge in [0.25, 0.3) is 0 Å². The maximum atomic E-state index is 13.0. The fraction of sp³-hybridized carbons (Fsp3) is 0.697. The molecule has 0 radical (unpaired) electrons. The highest BCUT2D eigenvalue weighted by Crippen LogP contribution is 2.17. The van der Waals surface area contributed by atoms with Crippen LogP contribution in [0.3, 0.4) is 0 Å². The lowest BCUT2D eigenvalue weighted by molar-refractivity contribution is -0.167. The second-order valence-corrected chi connectivity index (χ2v) is 22.7. The predicted octanol–water partition coefficient (Wildman–Crippen LogP) is 23.9. The maximum absolute atomic E-state index is 13.0. The minimum absolute atomic E-state index is 0.0958. The molecule has 0 rings (SSSR count). The van der Waals surface area contributed by atoms with Gasteiger partial charge in [0, 0.05) is 19.3 Å². The van der Waals surface area contributed by atoms with Crippen LogP contribution in [-0.2, 0) is 28.6 Å². The van der Waals surface area contributed by atoms with Crippen LogP contribution in [0.1, 0.15) is 323 Å². The molecule has 0 aromatic carbocycles. The van der Waals surface area contributed by atoms with Gasteiger partial charge < -0.3 is 14.2 Å². The van der Waals surface area contributed by atoms with E-state index in [9.17, 15) is 14.4 Å². The Bertz CT molecular complexity index is 1690. The Labute approximate surface area is 507 Å². The standard InChI is InChI=1S/C76H128O6/c1-4-7-10-13-16-19-22-25-28-31-33-35-36-37-38-39-40-41-43-45-48-51-54-57-60-63-66-69-75(78)81-72-73(71-80-74(77)68-65-62-59-56-53-50-47-44-30-27-24-21-18-15-12-9-6-3)82-76(79)70-67-64-61-58-55-52-49-46-42-34-32-29-26-23-20-17-14-11-8-5-2/h7,10,16,18-19,21,25,27-28,30,33,35,37-38,40-41,45,48,54,57,73H,4-6,8-9,11-15,17,20,22-24,26,29,31-32,34,36,39,42-44,46-47,49-53,55-56,58-72H2,1-3H3/b10-7-,19-16-,21-18-,28-25-,30-27-,35-33-,38-37-,41-40-,48-45-,57-54-. The summed E-state index contributed by atoms with van der Waals surface area (Å²) in [6, 6.07) is 0. The van der Waals surface area contributed by atoms with Gasteiger partial charge in [0.2, 0.25) is 0 Å². The van der Waals surface area contributed by atoms with E-state index in [2.05, 4.69) is 142 Å². The Hall–Kier alpha value is -4.19. The molecule has 0 bridgehead atoms. The third-order valence-electron chi connectivity index (χ3n) is 14.7. The van der Waals surface area contributed by atoms with Crippen molar-refractivity contribution in [3.05, 3.63) is 122 Å². The van der Waals surface area contributed by atoms with Crippen LogP contribution in [0.25, 0.3) is 0 Å². The summed E-state index contributed by atoms with van der Waals surface area (Å²) < 4.78 is 16.9. The molecular weight excluding hydrogens is 1010 g/mol. The molecule has 0 heterocycles. The van der Waals surface area contributed by atoms with Crippen LogP contribution in [0.2, 0.25) is 0 Å². The van der Waals surface area contributed by atoms with E-state index >= 15 is 0 Å². The van der Waals surface area contributed by atoms with E-state index in [1.165, 1.54) is 161 Å². The zero-order chi connectivity index (χ0) is 59.2. The molecule has 0 aliphatic carbocycles. The lowest BCUT2D eigenvalue weighted by Gasteiger charge is -2.18. The van der Waals surface area contributed by atoms with Crippen LogP contribution in [-0.4, -0.2) is 37.2 Å².